The van der Waals surface area contributed by atoms with Crippen molar-refractivity contribution in [3.8, 4) is 11.5 Å². The second kappa shape index (κ2) is 8.47. The zero-order chi connectivity index (χ0) is 18.6. The molecule has 25 heavy (non-hydrogen) atoms. The molecule has 2 rings (SSSR count). The predicted molar refractivity (Wildman–Crippen MR) is 113 cm³/mol. The number of phenolic OH excluding ortho intramolecular Hbond substituents is 1. The topological polar surface area (TPSA) is 29.5 Å². The Morgan fingerprint density at radius 2 is 1.80 bits per heavy atom. The first-order chi connectivity index (χ1) is 11.9. The number of ether oxygens (including phenoxy) is 1. The van der Waals surface area contributed by atoms with Crippen LogP contribution in [0.5, 0.6) is 11.5 Å². The van der Waals surface area contributed by atoms with E-state index in [0.717, 1.165) is 18.4 Å². The van der Waals surface area contributed by atoms with Gasteiger partial charge in [0.15, 0.2) is 11.5 Å². The van der Waals surface area contributed by atoms with Crippen molar-refractivity contribution in [3.63, 3.8) is 0 Å². The minimum Gasteiger partial charge on any atom is -0.504 e. The molecule has 4 heteroatoms. The number of aromatic hydroxyl groups is 1. The van der Waals surface area contributed by atoms with Gasteiger partial charge in [0.25, 0.3) is 0 Å². The van der Waals surface area contributed by atoms with Crippen LogP contribution in [-0.4, -0.2) is 12.2 Å². The van der Waals surface area contributed by atoms with Crippen molar-refractivity contribution >= 4 is 26.5 Å². The summed E-state index contributed by atoms with van der Waals surface area (Å²) < 4.78 is 5.35. The predicted octanol–water partition coefficient (Wildman–Crippen LogP) is 5.72. The van der Waals surface area contributed by atoms with Gasteiger partial charge in [0, 0.05) is 16.0 Å². The monoisotopic (exact) mass is 376 g/mol. The fraction of sp³-hybridized carbons (Fsp3) is 0.429. The summed E-state index contributed by atoms with van der Waals surface area (Å²) in [5.74, 6) is 0.816. The lowest BCUT2D eigenvalue weighted by atomic mass is 9.91. The third-order valence-corrected chi connectivity index (χ3v) is 7.73. The first-order valence-corrected chi connectivity index (χ1v) is 10.3. The largest absolute Gasteiger partial charge is 0.504 e. The quantitative estimate of drug-likeness (QED) is 0.478. The zero-order valence-electron chi connectivity index (χ0n) is 15.8. The van der Waals surface area contributed by atoms with Crippen LogP contribution in [0.3, 0.4) is 0 Å². The van der Waals surface area contributed by atoms with Crippen LogP contribution in [0.4, 0.5) is 0 Å². The van der Waals surface area contributed by atoms with Crippen LogP contribution < -0.4 is 10.0 Å². The molecule has 0 aromatic heterocycles. The highest BCUT2D eigenvalue weighted by Crippen LogP contribution is 2.52. The summed E-state index contributed by atoms with van der Waals surface area (Å²) in [5, 5.41) is 12.2. The highest BCUT2D eigenvalue weighted by molar-refractivity contribution is 7.80. The molecule has 0 radical (unpaired) electrons. The van der Waals surface area contributed by atoms with Gasteiger partial charge in [-0.05, 0) is 49.2 Å². The summed E-state index contributed by atoms with van der Waals surface area (Å²) in [5.41, 5.74) is 3.57. The number of benzene rings is 2. The van der Waals surface area contributed by atoms with E-state index in [1.165, 1.54) is 16.4 Å². The van der Waals surface area contributed by atoms with Gasteiger partial charge in [-0.2, -0.15) is 12.6 Å². The number of aryl methyl sites for hydroxylation is 1. The lowest BCUT2D eigenvalue weighted by Crippen LogP contribution is -2.24. The smallest absolute Gasteiger partial charge is 0.161 e. The number of hydrogen-bond donors (Lipinski definition) is 2. The average Bonchev–Trinajstić information content (AvgIpc) is 2.61. The molecule has 0 amide bonds. The average molecular weight is 377 g/mol. The molecular formula is C21H29O2PS. The van der Waals surface area contributed by atoms with E-state index in [1.807, 2.05) is 18.2 Å². The summed E-state index contributed by atoms with van der Waals surface area (Å²) in [6.45, 7) is 8.70. The SMILES string of the molecule is CCC(CC)(Pc1c(C)cccc1C(C)S)c1cccc(OC)c1O. The second-order valence-electron chi connectivity index (χ2n) is 6.49. The minimum atomic E-state index is -0.109. The lowest BCUT2D eigenvalue weighted by molar-refractivity contribution is 0.365. The van der Waals surface area contributed by atoms with Crippen molar-refractivity contribution in [2.24, 2.45) is 0 Å². The Bertz CT molecular complexity index is 724. The Kier molecular flexibility index (Phi) is 6.82. The molecule has 2 unspecified atom stereocenters. The van der Waals surface area contributed by atoms with Crippen molar-refractivity contribution in [2.45, 2.75) is 50.9 Å². The summed E-state index contributed by atoms with van der Waals surface area (Å²) in [6, 6.07) is 12.3. The molecular weight excluding hydrogens is 347 g/mol. The summed E-state index contributed by atoms with van der Waals surface area (Å²) in [4.78, 5) is 0. The molecule has 2 nitrogen and oxygen atoms in total. The third-order valence-electron chi connectivity index (χ3n) is 5.06. The Hall–Kier alpha value is -1.18. The van der Waals surface area contributed by atoms with Gasteiger partial charge >= 0.3 is 0 Å². The molecule has 0 spiro atoms. The van der Waals surface area contributed by atoms with E-state index < -0.39 is 0 Å². The number of methoxy groups -OCH3 is 1. The maximum Gasteiger partial charge on any atom is 0.161 e. The second-order valence-corrected chi connectivity index (χ2v) is 8.97. The van der Waals surface area contributed by atoms with Crippen LogP contribution in [0, 0.1) is 6.92 Å². The Balaban J connectivity index is 2.60. The summed E-state index contributed by atoms with van der Waals surface area (Å²) in [7, 11) is 2.16. The molecule has 2 aromatic rings. The Morgan fingerprint density at radius 1 is 1.16 bits per heavy atom. The van der Waals surface area contributed by atoms with Crippen molar-refractivity contribution in [1.82, 2.24) is 0 Å². The van der Waals surface area contributed by atoms with Gasteiger partial charge in [-0.3, -0.25) is 0 Å². The van der Waals surface area contributed by atoms with Gasteiger partial charge in [-0.25, -0.2) is 0 Å². The van der Waals surface area contributed by atoms with Gasteiger partial charge in [0.1, 0.15) is 0 Å². The van der Waals surface area contributed by atoms with E-state index in [9.17, 15) is 5.11 Å². The highest BCUT2D eigenvalue weighted by atomic mass is 32.1. The van der Waals surface area contributed by atoms with E-state index in [4.69, 9.17) is 4.74 Å². The van der Waals surface area contributed by atoms with Gasteiger partial charge in [-0.15, -0.1) is 0 Å². The summed E-state index contributed by atoms with van der Waals surface area (Å²) >= 11 is 4.69. The molecule has 1 N–H and O–H groups in total. The van der Waals surface area contributed by atoms with E-state index in [2.05, 4.69) is 58.5 Å². The van der Waals surface area contributed by atoms with Crippen molar-refractivity contribution in [2.75, 3.05) is 7.11 Å². The van der Waals surface area contributed by atoms with Crippen molar-refractivity contribution < 1.29 is 9.84 Å². The normalized spacial score (nSPS) is 13.4. The van der Waals surface area contributed by atoms with Crippen LogP contribution >= 0.6 is 21.2 Å². The van der Waals surface area contributed by atoms with Gasteiger partial charge in [0.05, 0.1) is 7.11 Å². The number of rotatable bonds is 7. The molecule has 2 atom stereocenters. The molecule has 0 aliphatic heterocycles. The standard InChI is InChI=1S/C21H29O2PS/c1-6-21(7-2,17-12-9-13-18(23-5)19(17)22)24-20-14(3)10-8-11-16(20)15(4)25/h8-13,15,22,24-25H,6-7H2,1-5H3. The molecule has 0 saturated carbocycles. The fourth-order valence-corrected chi connectivity index (χ4v) is 5.63. The molecule has 0 aliphatic rings. The molecule has 2 aromatic carbocycles. The highest BCUT2D eigenvalue weighted by Gasteiger charge is 2.33. The fourth-order valence-electron chi connectivity index (χ4n) is 3.40. The van der Waals surface area contributed by atoms with E-state index >= 15 is 0 Å². The molecule has 0 heterocycles. The van der Waals surface area contributed by atoms with E-state index in [1.54, 1.807) is 7.11 Å². The van der Waals surface area contributed by atoms with E-state index in [-0.39, 0.29) is 16.2 Å². The van der Waals surface area contributed by atoms with E-state index in [0.29, 0.717) is 14.3 Å². The van der Waals surface area contributed by atoms with Crippen LogP contribution in [0.1, 0.15) is 55.6 Å². The Labute approximate surface area is 159 Å². The number of hydrogen-bond acceptors (Lipinski definition) is 3. The van der Waals surface area contributed by atoms with Crippen molar-refractivity contribution in [3.05, 3.63) is 53.1 Å². The number of phenols is 1. The van der Waals surface area contributed by atoms with Crippen molar-refractivity contribution in [1.29, 1.82) is 0 Å². The lowest BCUT2D eigenvalue weighted by Gasteiger charge is -2.35. The maximum absolute atomic E-state index is 10.8. The zero-order valence-corrected chi connectivity index (χ0v) is 17.7. The first-order valence-electron chi connectivity index (χ1n) is 8.82. The number of para-hydroxylation sites is 1. The minimum absolute atomic E-state index is 0.109. The van der Waals surface area contributed by atoms with Crippen LogP contribution in [-0.2, 0) is 5.16 Å². The van der Waals surface area contributed by atoms with Gasteiger partial charge in [-0.1, -0.05) is 52.8 Å². The molecule has 136 valence electrons. The van der Waals surface area contributed by atoms with Gasteiger partial charge < -0.3 is 9.84 Å². The summed E-state index contributed by atoms with van der Waals surface area (Å²) in [6.07, 6.45) is 1.91. The maximum atomic E-state index is 10.8. The third kappa shape index (κ3) is 3.99. The first kappa shape index (κ1) is 20.1. The van der Waals surface area contributed by atoms with Crippen LogP contribution in [0.2, 0.25) is 0 Å². The Morgan fingerprint density at radius 3 is 2.36 bits per heavy atom. The molecule has 0 aliphatic carbocycles. The van der Waals surface area contributed by atoms with Gasteiger partial charge in [0.2, 0.25) is 0 Å². The molecule has 0 saturated heterocycles. The number of thiol groups is 1. The molecule has 0 fully saturated rings. The van der Waals surface area contributed by atoms with Crippen LogP contribution in [0.25, 0.3) is 0 Å². The van der Waals surface area contributed by atoms with Crippen LogP contribution in [0.15, 0.2) is 36.4 Å². The molecule has 0 bridgehead atoms.